The van der Waals surface area contributed by atoms with Gasteiger partial charge in [0, 0.05) is 23.8 Å². The van der Waals surface area contributed by atoms with Gasteiger partial charge in [-0.1, -0.05) is 6.07 Å². The fraction of sp³-hybridized carbons (Fsp3) is 0.419. The Morgan fingerprint density at radius 1 is 0.750 bits per heavy atom. The monoisotopic (exact) mass is 612 g/mol. The van der Waals surface area contributed by atoms with Gasteiger partial charge in [-0.15, -0.1) is 0 Å². The topological polar surface area (TPSA) is 202 Å². The number of rotatable bonds is 5. The van der Waals surface area contributed by atoms with Crippen LogP contribution in [0.15, 0.2) is 30.3 Å². The number of fused-ring (bicyclic) bond motifs is 4. The number of carbonyl (C=O) groups is 2. The Morgan fingerprint density at radius 3 is 2.11 bits per heavy atom. The van der Waals surface area contributed by atoms with E-state index in [9.17, 15) is 40.2 Å². The molecule has 0 saturated carbocycles. The predicted octanol–water partition coefficient (Wildman–Crippen LogP) is 2.09. The first-order chi connectivity index (χ1) is 20.8. The molecule has 2 aliphatic heterocycles. The van der Waals surface area contributed by atoms with Crippen molar-refractivity contribution in [2.75, 3.05) is 0 Å². The molecule has 0 amide bonds. The van der Waals surface area contributed by atoms with Gasteiger partial charge >= 0.3 is 0 Å². The van der Waals surface area contributed by atoms with Crippen LogP contribution in [-0.4, -0.2) is 91.4 Å². The minimum absolute atomic E-state index is 0.00321. The van der Waals surface area contributed by atoms with Crippen molar-refractivity contribution in [1.29, 1.82) is 0 Å². The second-order valence-corrected chi connectivity index (χ2v) is 11.4. The van der Waals surface area contributed by atoms with Crippen LogP contribution in [-0.2, 0) is 19.1 Å². The summed E-state index contributed by atoms with van der Waals surface area (Å²) in [6.07, 6.45) is -7.73. The summed E-state index contributed by atoms with van der Waals surface area (Å²) >= 11 is 0. The summed E-state index contributed by atoms with van der Waals surface area (Å²) in [5.74, 6) is -3.19. The molecule has 0 aromatic heterocycles. The summed E-state index contributed by atoms with van der Waals surface area (Å²) in [5.41, 5.74) is -0.706. The molecule has 2 heterocycles. The molecular weight excluding hydrogens is 580 g/mol. The normalized spacial score (nSPS) is 30.2. The zero-order valence-corrected chi connectivity index (χ0v) is 24.0. The average Bonchev–Trinajstić information content (AvgIpc) is 2.94. The van der Waals surface area contributed by atoms with Gasteiger partial charge in [0.15, 0.2) is 17.8 Å². The summed E-state index contributed by atoms with van der Waals surface area (Å²) in [4.78, 5) is 38.4. The molecule has 6 N–H and O–H groups in total. The van der Waals surface area contributed by atoms with E-state index < -0.39 is 77.8 Å². The van der Waals surface area contributed by atoms with Crippen LogP contribution in [0.4, 0.5) is 0 Å². The summed E-state index contributed by atoms with van der Waals surface area (Å²) in [6, 6.07) is 6.68. The summed E-state index contributed by atoms with van der Waals surface area (Å²) in [6.45, 7) is 4.93. The van der Waals surface area contributed by atoms with Gasteiger partial charge in [0.05, 0.1) is 41.1 Å². The fourth-order valence-corrected chi connectivity index (χ4v) is 6.13. The Labute approximate surface area is 250 Å². The van der Waals surface area contributed by atoms with E-state index in [2.05, 4.69) is 0 Å². The quantitative estimate of drug-likeness (QED) is 0.141. The van der Waals surface area contributed by atoms with Gasteiger partial charge < -0.3 is 49.7 Å². The molecule has 1 aliphatic carbocycles. The first-order valence-electron chi connectivity index (χ1n) is 14.1. The highest BCUT2D eigenvalue weighted by atomic mass is 17.2. The molecule has 3 aromatic rings. The maximum absolute atomic E-state index is 13.9. The van der Waals surface area contributed by atoms with Crippen LogP contribution in [0.1, 0.15) is 64.1 Å². The van der Waals surface area contributed by atoms with Gasteiger partial charge in [-0.3, -0.25) is 9.59 Å². The van der Waals surface area contributed by atoms with E-state index >= 15 is 0 Å². The maximum atomic E-state index is 13.9. The zero-order chi connectivity index (χ0) is 31.6. The van der Waals surface area contributed by atoms with E-state index in [-0.39, 0.29) is 46.4 Å². The lowest BCUT2D eigenvalue weighted by Gasteiger charge is -2.41. The van der Waals surface area contributed by atoms with Crippen LogP contribution in [0, 0.1) is 6.92 Å². The minimum atomic E-state index is -1.15. The van der Waals surface area contributed by atoms with Gasteiger partial charge in [-0.25, -0.2) is 0 Å². The third-order valence-corrected chi connectivity index (χ3v) is 8.27. The molecule has 8 atom stereocenters. The van der Waals surface area contributed by atoms with Gasteiger partial charge in [-0.05, 0) is 56.0 Å². The number of ketones is 2. The van der Waals surface area contributed by atoms with Gasteiger partial charge in [-0.2, -0.15) is 4.89 Å². The molecule has 234 valence electrons. The molecule has 3 aromatic carbocycles. The largest absolute Gasteiger partial charge is 0.507 e. The van der Waals surface area contributed by atoms with Gasteiger partial charge in [0.2, 0.25) is 12.1 Å². The van der Waals surface area contributed by atoms with Crippen molar-refractivity contribution in [2.24, 2.45) is 0 Å². The van der Waals surface area contributed by atoms with E-state index in [4.69, 9.17) is 24.0 Å². The Morgan fingerprint density at radius 2 is 1.41 bits per heavy atom. The Bertz CT molecular complexity index is 1630. The third-order valence-electron chi connectivity index (χ3n) is 8.27. The average molecular weight is 613 g/mol. The second kappa shape index (κ2) is 11.3. The number of hydrogen-bond donors (Lipinski definition) is 6. The molecule has 2 fully saturated rings. The fourth-order valence-electron chi connectivity index (χ4n) is 6.13. The van der Waals surface area contributed by atoms with Crippen molar-refractivity contribution in [3.8, 4) is 23.0 Å². The first-order valence-corrected chi connectivity index (χ1v) is 14.1. The molecule has 6 rings (SSSR count). The highest BCUT2D eigenvalue weighted by Gasteiger charge is 2.43. The summed E-state index contributed by atoms with van der Waals surface area (Å²) in [7, 11) is 0. The molecule has 0 radical (unpaired) electrons. The second-order valence-electron chi connectivity index (χ2n) is 11.4. The van der Waals surface area contributed by atoms with Crippen LogP contribution in [0.25, 0.3) is 10.8 Å². The SMILES string of the molecule is Cc1cc(O)c2c3c(c(O)cc2c1)C(=O)c1c(O)ccc(OO[C@H]2C[C@@H](O)[C@H](O[C@H]4C[C@@H](O)[C@H](O)[C@H](C)O4)[C@@H](C)O2)c1C3=O. The van der Waals surface area contributed by atoms with Crippen molar-refractivity contribution < 1.29 is 64.2 Å². The van der Waals surface area contributed by atoms with Gasteiger partial charge in [0.1, 0.15) is 29.5 Å². The van der Waals surface area contributed by atoms with E-state index in [1.807, 2.05) is 0 Å². The lowest BCUT2D eigenvalue weighted by molar-refractivity contribution is -0.369. The van der Waals surface area contributed by atoms with E-state index in [0.29, 0.717) is 10.9 Å². The first kappa shape index (κ1) is 30.2. The summed E-state index contributed by atoms with van der Waals surface area (Å²) < 4.78 is 17.3. The van der Waals surface area contributed by atoms with Crippen molar-refractivity contribution in [2.45, 2.75) is 82.8 Å². The Hall–Kier alpha value is -3.82. The zero-order valence-electron chi connectivity index (χ0n) is 24.0. The number of hydrogen-bond acceptors (Lipinski definition) is 13. The van der Waals surface area contributed by atoms with Crippen LogP contribution < -0.4 is 4.89 Å². The molecule has 0 spiro atoms. The number of carbonyl (C=O) groups excluding carboxylic acids is 2. The molecule has 44 heavy (non-hydrogen) atoms. The van der Waals surface area contributed by atoms with Crippen LogP contribution in [0.3, 0.4) is 0 Å². The molecular formula is C31H32O13. The van der Waals surface area contributed by atoms with E-state index in [0.717, 1.165) is 6.07 Å². The summed E-state index contributed by atoms with van der Waals surface area (Å²) in [5, 5.41) is 63.2. The molecule has 13 nitrogen and oxygen atoms in total. The lowest BCUT2D eigenvalue weighted by Crippen LogP contribution is -2.54. The smallest absolute Gasteiger partial charge is 0.205 e. The number of aromatic hydroxyl groups is 3. The highest BCUT2D eigenvalue weighted by molar-refractivity contribution is 6.35. The van der Waals surface area contributed by atoms with Crippen molar-refractivity contribution >= 4 is 22.3 Å². The van der Waals surface area contributed by atoms with Crippen LogP contribution in [0.5, 0.6) is 23.0 Å². The van der Waals surface area contributed by atoms with Crippen molar-refractivity contribution in [3.63, 3.8) is 0 Å². The van der Waals surface area contributed by atoms with Crippen molar-refractivity contribution in [3.05, 3.63) is 58.1 Å². The van der Waals surface area contributed by atoms with Crippen molar-refractivity contribution in [1.82, 2.24) is 0 Å². The number of phenols is 3. The number of aliphatic hydroxyl groups is 3. The molecule has 13 heteroatoms. The molecule has 3 aliphatic rings. The van der Waals surface area contributed by atoms with Crippen LogP contribution >= 0.6 is 0 Å². The lowest BCUT2D eigenvalue weighted by atomic mass is 9.80. The number of benzene rings is 3. The standard InChI is InChI=1S/C31H32O13/c1-11-6-14-8-17(34)25-27(23(14)16(33)7-11)30(39)26-20(5-4-15(32)24(26)29(25)38)43-44-22-10-19(36)31(13(3)41-22)42-21-9-18(35)28(37)12(2)40-21/h4-8,12-13,18-19,21-22,28,31-37H,9-10H2,1-3H3/t12-,13+,18+,19+,21-,22-,28+,31+/m0/s1. The Kier molecular flexibility index (Phi) is 7.74. The molecule has 2 saturated heterocycles. The van der Waals surface area contributed by atoms with Gasteiger partial charge in [0.25, 0.3) is 0 Å². The van der Waals surface area contributed by atoms with Crippen LogP contribution in [0.2, 0.25) is 0 Å². The number of aryl methyl sites for hydroxylation is 1. The van der Waals surface area contributed by atoms with E-state index in [1.165, 1.54) is 18.2 Å². The minimum Gasteiger partial charge on any atom is -0.507 e. The number of phenolic OH excluding ortho intramolecular Hbond substituents is 3. The number of aliphatic hydroxyl groups excluding tert-OH is 3. The Balaban J connectivity index is 1.23. The molecule has 0 unspecified atom stereocenters. The maximum Gasteiger partial charge on any atom is 0.205 e. The predicted molar refractivity (Wildman–Crippen MR) is 149 cm³/mol. The molecule has 0 bridgehead atoms. The number of ether oxygens (including phenoxy) is 3. The third kappa shape index (κ3) is 5.06. The highest BCUT2D eigenvalue weighted by Crippen LogP contribution is 2.45. The van der Waals surface area contributed by atoms with E-state index in [1.54, 1.807) is 26.8 Å².